The predicted octanol–water partition coefficient (Wildman–Crippen LogP) is 3.89. The molecule has 1 heterocycles. The summed E-state index contributed by atoms with van der Waals surface area (Å²) in [6.07, 6.45) is 12.3. The molecule has 19 heavy (non-hydrogen) atoms. The minimum absolute atomic E-state index is 0.264. The molecule has 2 aliphatic carbocycles. The Labute approximate surface area is 118 Å². The topological polar surface area (TPSA) is 21.3 Å². The zero-order valence-electron chi connectivity index (χ0n) is 12.8. The lowest BCUT2D eigenvalue weighted by molar-refractivity contribution is -0.124. The fourth-order valence-corrected chi connectivity index (χ4v) is 4.60. The van der Waals surface area contributed by atoms with E-state index in [1.54, 1.807) is 0 Å². The van der Waals surface area contributed by atoms with Gasteiger partial charge in [-0.25, -0.2) is 0 Å². The van der Waals surface area contributed by atoms with Crippen molar-refractivity contribution in [2.24, 2.45) is 11.3 Å². The zero-order valence-corrected chi connectivity index (χ0v) is 12.8. The Kier molecular flexibility index (Phi) is 3.92. The van der Waals surface area contributed by atoms with Gasteiger partial charge < -0.3 is 10.1 Å². The van der Waals surface area contributed by atoms with Gasteiger partial charge in [-0.1, -0.05) is 33.1 Å². The molecule has 3 fully saturated rings. The van der Waals surface area contributed by atoms with Crippen molar-refractivity contribution in [1.82, 2.24) is 5.32 Å². The van der Waals surface area contributed by atoms with Gasteiger partial charge in [0.15, 0.2) is 0 Å². The Morgan fingerprint density at radius 1 is 1.16 bits per heavy atom. The van der Waals surface area contributed by atoms with Gasteiger partial charge >= 0.3 is 0 Å². The maximum Gasteiger partial charge on any atom is 0.0685 e. The van der Waals surface area contributed by atoms with Gasteiger partial charge in [0.2, 0.25) is 0 Å². The van der Waals surface area contributed by atoms with E-state index < -0.39 is 0 Å². The minimum Gasteiger partial charge on any atom is -0.375 e. The molecule has 3 aliphatic rings. The maximum absolute atomic E-state index is 6.27. The third-order valence-corrected chi connectivity index (χ3v) is 5.98. The van der Waals surface area contributed by atoms with Crippen LogP contribution in [0.25, 0.3) is 0 Å². The number of ether oxygens (including phenoxy) is 1. The average Bonchev–Trinajstić information content (AvgIpc) is 3.16. The van der Waals surface area contributed by atoms with E-state index in [0.29, 0.717) is 5.41 Å². The van der Waals surface area contributed by atoms with Crippen LogP contribution in [0.15, 0.2) is 0 Å². The quantitative estimate of drug-likeness (QED) is 0.832. The first kappa shape index (κ1) is 13.9. The van der Waals surface area contributed by atoms with E-state index in [9.17, 15) is 0 Å². The first-order valence-corrected chi connectivity index (χ1v) is 8.55. The smallest absolute Gasteiger partial charge is 0.0685 e. The molecule has 0 bridgehead atoms. The molecule has 1 saturated heterocycles. The summed E-state index contributed by atoms with van der Waals surface area (Å²) in [6.45, 7) is 6.87. The van der Waals surface area contributed by atoms with Gasteiger partial charge in [-0.05, 0) is 56.4 Å². The van der Waals surface area contributed by atoms with Crippen LogP contribution < -0.4 is 5.32 Å². The van der Waals surface area contributed by atoms with Crippen LogP contribution in [-0.4, -0.2) is 24.8 Å². The molecule has 110 valence electrons. The summed E-state index contributed by atoms with van der Waals surface area (Å²) in [4.78, 5) is 0. The third kappa shape index (κ3) is 2.85. The molecule has 0 aromatic carbocycles. The van der Waals surface area contributed by atoms with Gasteiger partial charge in [0.05, 0.1) is 5.60 Å². The molecule has 0 aromatic heterocycles. The number of nitrogens with one attached hydrogen (secondary N) is 1. The van der Waals surface area contributed by atoms with Gasteiger partial charge in [-0.15, -0.1) is 0 Å². The monoisotopic (exact) mass is 265 g/mol. The molecule has 1 aliphatic heterocycles. The van der Waals surface area contributed by atoms with Gasteiger partial charge in [0.1, 0.15) is 0 Å². The van der Waals surface area contributed by atoms with Gasteiger partial charge in [-0.3, -0.25) is 0 Å². The predicted molar refractivity (Wildman–Crippen MR) is 79.3 cm³/mol. The summed E-state index contributed by atoms with van der Waals surface area (Å²) in [5, 5.41) is 3.82. The minimum atomic E-state index is 0.264. The largest absolute Gasteiger partial charge is 0.375 e. The second kappa shape index (κ2) is 5.37. The fraction of sp³-hybridized carbons (Fsp3) is 1.00. The molecule has 0 radical (unpaired) electrons. The van der Waals surface area contributed by atoms with Crippen molar-refractivity contribution in [1.29, 1.82) is 0 Å². The summed E-state index contributed by atoms with van der Waals surface area (Å²) in [7, 11) is 0. The highest BCUT2D eigenvalue weighted by molar-refractivity contribution is 5.04. The van der Waals surface area contributed by atoms with Gasteiger partial charge in [0, 0.05) is 12.6 Å². The van der Waals surface area contributed by atoms with Crippen LogP contribution in [0, 0.1) is 11.3 Å². The number of rotatable bonds is 4. The van der Waals surface area contributed by atoms with Crippen molar-refractivity contribution < 1.29 is 4.74 Å². The molecule has 2 heteroatoms. The molecule has 2 saturated carbocycles. The Bertz CT molecular complexity index is 299. The lowest BCUT2D eigenvalue weighted by Gasteiger charge is -2.47. The highest BCUT2D eigenvalue weighted by Gasteiger charge is 2.50. The average molecular weight is 265 g/mol. The maximum atomic E-state index is 6.27. The second-order valence-electron chi connectivity index (χ2n) is 7.53. The van der Waals surface area contributed by atoms with Crippen LogP contribution >= 0.6 is 0 Å². The zero-order chi connectivity index (χ0) is 13.3. The van der Waals surface area contributed by atoms with Crippen molar-refractivity contribution in [2.75, 3.05) is 13.2 Å². The molecule has 0 aromatic rings. The first-order chi connectivity index (χ1) is 9.18. The third-order valence-electron chi connectivity index (χ3n) is 5.98. The van der Waals surface area contributed by atoms with E-state index in [4.69, 9.17) is 4.74 Å². The highest BCUT2D eigenvalue weighted by atomic mass is 16.5. The van der Waals surface area contributed by atoms with Crippen molar-refractivity contribution in [3.8, 4) is 0 Å². The second-order valence-corrected chi connectivity index (χ2v) is 7.53. The molecule has 0 amide bonds. The summed E-state index contributed by atoms with van der Waals surface area (Å²) >= 11 is 0. The van der Waals surface area contributed by atoms with Crippen LogP contribution in [0.4, 0.5) is 0 Å². The molecule has 2 atom stereocenters. The van der Waals surface area contributed by atoms with Crippen LogP contribution in [0.1, 0.15) is 71.6 Å². The van der Waals surface area contributed by atoms with Gasteiger partial charge in [0.25, 0.3) is 0 Å². The molecule has 2 nitrogen and oxygen atoms in total. The Balaban J connectivity index is 1.69. The van der Waals surface area contributed by atoms with Crippen molar-refractivity contribution in [3.63, 3.8) is 0 Å². The van der Waals surface area contributed by atoms with E-state index in [-0.39, 0.29) is 5.60 Å². The molecular formula is C17H31NO. The van der Waals surface area contributed by atoms with Crippen molar-refractivity contribution >= 4 is 0 Å². The molecule has 1 N–H and O–H groups in total. The van der Waals surface area contributed by atoms with E-state index in [0.717, 1.165) is 25.1 Å². The summed E-state index contributed by atoms with van der Waals surface area (Å²) in [5.74, 6) is 0.847. The SMILES string of the molecule is CCNC(C1CCOC2(CCCCC2)C1)C1(C)CC1. The van der Waals surface area contributed by atoms with E-state index in [1.807, 2.05) is 0 Å². The summed E-state index contributed by atoms with van der Waals surface area (Å²) < 4.78 is 6.27. The molecular weight excluding hydrogens is 234 g/mol. The van der Waals surface area contributed by atoms with Crippen LogP contribution in [0.5, 0.6) is 0 Å². The molecule has 3 rings (SSSR count). The fourth-order valence-electron chi connectivity index (χ4n) is 4.60. The van der Waals surface area contributed by atoms with E-state index >= 15 is 0 Å². The highest BCUT2D eigenvalue weighted by Crippen LogP contribution is 2.53. The van der Waals surface area contributed by atoms with Crippen LogP contribution in [-0.2, 0) is 4.74 Å². The van der Waals surface area contributed by atoms with E-state index in [2.05, 4.69) is 19.2 Å². The Morgan fingerprint density at radius 3 is 2.53 bits per heavy atom. The lowest BCUT2D eigenvalue weighted by Crippen LogP contribution is -2.50. The summed E-state index contributed by atoms with van der Waals surface area (Å²) in [5.41, 5.74) is 0.855. The van der Waals surface area contributed by atoms with Crippen LogP contribution in [0.2, 0.25) is 0 Å². The first-order valence-electron chi connectivity index (χ1n) is 8.55. The number of hydrogen-bond acceptors (Lipinski definition) is 2. The Hall–Kier alpha value is -0.0800. The standard InChI is InChI=1S/C17H31NO/c1-3-18-15(16(2)10-11-16)14-7-12-19-17(13-14)8-5-4-6-9-17/h14-15,18H,3-13H2,1-2H3. The van der Waals surface area contributed by atoms with Gasteiger partial charge in [-0.2, -0.15) is 0 Å². The normalized spacial score (nSPS) is 34.1. The van der Waals surface area contributed by atoms with Crippen molar-refractivity contribution in [3.05, 3.63) is 0 Å². The lowest BCUT2D eigenvalue weighted by atomic mass is 9.71. The van der Waals surface area contributed by atoms with E-state index in [1.165, 1.54) is 57.8 Å². The Morgan fingerprint density at radius 2 is 1.89 bits per heavy atom. The number of hydrogen-bond donors (Lipinski definition) is 1. The van der Waals surface area contributed by atoms with Crippen LogP contribution in [0.3, 0.4) is 0 Å². The molecule has 1 spiro atoms. The van der Waals surface area contributed by atoms with Crippen molar-refractivity contribution in [2.45, 2.75) is 83.3 Å². The molecule has 2 unspecified atom stereocenters. The summed E-state index contributed by atoms with van der Waals surface area (Å²) in [6, 6.07) is 0.736.